The summed E-state index contributed by atoms with van der Waals surface area (Å²) in [5.41, 5.74) is 0. The van der Waals surface area contributed by atoms with Crippen LogP contribution in [0, 0.1) is 0 Å². The molecule has 0 atom stereocenters. The maximum absolute atomic E-state index is 10.3. The molecule has 0 saturated heterocycles. The van der Waals surface area contributed by atoms with Crippen molar-refractivity contribution in [1.82, 2.24) is 0 Å². The van der Waals surface area contributed by atoms with Gasteiger partial charge in [0.2, 0.25) is 0 Å². The smallest absolute Gasteiger partial charge is 0.303 e. The van der Waals surface area contributed by atoms with Crippen LogP contribution in [-0.4, -0.2) is 11.1 Å². The third-order valence-electron chi connectivity index (χ3n) is 4.13. The summed E-state index contributed by atoms with van der Waals surface area (Å²) >= 11 is 0. The first kappa shape index (κ1) is 21.9. The van der Waals surface area contributed by atoms with Gasteiger partial charge in [-0.2, -0.15) is 0 Å². The van der Waals surface area contributed by atoms with E-state index in [2.05, 4.69) is 13.0 Å². The van der Waals surface area contributed by atoms with Crippen LogP contribution < -0.4 is 0 Å². The van der Waals surface area contributed by atoms with Crippen LogP contribution in [0.3, 0.4) is 0 Å². The molecule has 0 rings (SSSR count). The van der Waals surface area contributed by atoms with Gasteiger partial charge in [0.15, 0.2) is 0 Å². The molecule has 0 heterocycles. The Hall–Kier alpha value is -1.05. The lowest BCUT2D eigenvalue weighted by molar-refractivity contribution is -0.136. The topological polar surface area (TPSA) is 37.3 Å². The Balaban J connectivity index is 3.14. The summed E-state index contributed by atoms with van der Waals surface area (Å²) in [6.07, 6.45) is 26.8. The van der Waals surface area contributed by atoms with Crippen LogP contribution in [0.4, 0.5) is 0 Å². The fraction of sp³-hybridized carbons (Fsp3) is 0.762. The fourth-order valence-electron chi connectivity index (χ4n) is 2.66. The van der Waals surface area contributed by atoms with Crippen molar-refractivity contribution in [2.24, 2.45) is 0 Å². The number of hydrogen-bond acceptors (Lipinski definition) is 1. The van der Waals surface area contributed by atoms with E-state index >= 15 is 0 Å². The zero-order valence-corrected chi connectivity index (χ0v) is 15.3. The van der Waals surface area contributed by atoms with E-state index in [-0.39, 0.29) is 6.42 Å². The second-order valence-corrected chi connectivity index (χ2v) is 6.47. The van der Waals surface area contributed by atoms with E-state index in [0.29, 0.717) is 6.42 Å². The highest BCUT2D eigenvalue weighted by molar-refractivity contribution is 5.66. The minimum atomic E-state index is -0.727. The molecule has 0 saturated carbocycles. The molecular weight excluding hydrogens is 284 g/mol. The molecule has 1 N–H and O–H groups in total. The van der Waals surface area contributed by atoms with E-state index in [9.17, 15) is 4.79 Å². The van der Waals surface area contributed by atoms with E-state index in [4.69, 9.17) is 5.11 Å². The molecule has 0 aliphatic carbocycles. The highest BCUT2D eigenvalue weighted by Gasteiger charge is 1.93. The number of rotatable bonds is 17. The molecule has 0 radical (unpaired) electrons. The molecule has 0 fully saturated rings. The lowest BCUT2D eigenvalue weighted by Crippen LogP contribution is -1.91. The van der Waals surface area contributed by atoms with Gasteiger partial charge in [0.1, 0.15) is 0 Å². The second kappa shape index (κ2) is 19.0. The molecule has 0 amide bonds. The van der Waals surface area contributed by atoms with Crippen molar-refractivity contribution in [2.75, 3.05) is 0 Å². The van der Waals surface area contributed by atoms with Crippen LogP contribution in [0.1, 0.15) is 103 Å². The molecule has 0 aliphatic heterocycles. The highest BCUT2D eigenvalue weighted by Crippen LogP contribution is 2.12. The number of carboxylic acids is 1. The number of carbonyl (C=O) groups is 1. The van der Waals surface area contributed by atoms with Crippen LogP contribution in [0.2, 0.25) is 0 Å². The summed E-state index contributed by atoms with van der Waals surface area (Å²) in [5.74, 6) is -0.727. The molecule has 0 unspecified atom stereocenters. The Morgan fingerprint density at radius 2 is 1.13 bits per heavy atom. The molecule has 0 aromatic heterocycles. The van der Waals surface area contributed by atoms with E-state index < -0.39 is 5.97 Å². The number of hydrogen-bond donors (Lipinski definition) is 1. The molecule has 2 nitrogen and oxygen atoms in total. The van der Waals surface area contributed by atoms with Crippen molar-refractivity contribution >= 4 is 5.97 Å². The predicted molar refractivity (Wildman–Crippen MR) is 101 cm³/mol. The van der Waals surface area contributed by atoms with Gasteiger partial charge in [0.05, 0.1) is 0 Å². The Morgan fingerprint density at radius 3 is 1.61 bits per heavy atom. The van der Waals surface area contributed by atoms with Gasteiger partial charge in [-0.05, 0) is 19.3 Å². The third-order valence-corrected chi connectivity index (χ3v) is 4.13. The molecule has 0 bridgehead atoms. The first-order chi connectivity index (χ1) is 11.3. The van der Waals surface area contributed by atoms with Crippen molar-refractivity contribution in [3.05, 3.63) is 24.3 Å². The summed E-state index contributed by atoms with van der Waals surface area (Å²) < 4.78 is 0. The number of unbranched alkanes of at least 4 members (excludes halogenated alkanes) is 12. The van der Waals surface area contributed by atoms with E-state index in [1.807, 2.05) is 18.2 Å². The average molecular weight is 323 g/mol. The van der Waals surface area contributed by atoms with Crippen LogP contribution in [0.25, 0.3) is 0 Å². The van der Waals surface area contributed by atoms with Gasteiger partial charge in [0.25, 0.3) is 0 Å². The van der Waals surface area contributed by atoms with Crippen LogP contribution >= 0.6 is 0 Å². The van der Waals surface area contributed by atoms with Gasteiger partial charge < -0.3 is 5.11 Å². The summed E-state index contributed by atoms with van der Waals surface area (Å²) in [6.45, 7) is 2.27. The molecule has 0 aromatic rings. The second-order valence-electron chi connectivity index (χ2n) is 6.47. The minimum absolute atomic E-state index is 0.225. The molecule has 23 heavy (non-hydrogen) atoms. The van der Waals surface area contributed by atoms with Gasteiger partial charge in [-0.15, -0.1) is 0 Å². The fourth-order valence-corrected chi connectivity index (χ4v) is 2.66. The van der Waals surface area contributed by atoms with Gasteiger partial charge >= 0.3 is 5.97 Å². The SMILES string of the molecule is CCCCCCCCCCCCCC/C=C/C=C/CCC(=O)O. The zero-order chi connectivity index (χ0) is 17.0. The average Bonchev–Trinajstić information content (AvgIpc) is 2.53. The number of aliphatic carboxylic acids is 1. The summed E-state index contributed by atoms with van der Waals surface area (Å²) in [4.78, 5) is 10.3. The Kier molecular flexibility index (Phi) is 18.1. The van der Waals surface area contributed by atoms with Crippen molar-refractivity contribution in [3.8, 4) is 0 Å². The van der Waals surface area contributed by atoms with Gasteiger partial charge in [0, 0.05) is 6.42 Å². The van der Waals surface area contributed by atoms with Crippen LogP contribution in [0.15, 0.2) is 24.3 Å². The van der Waals surface area contributed by atoms with Crippen molar-refractivity contribution < 1.29 is 9.90 Å². The third kappa shape index (κ3) is 21.0. The van der Waals surface area contributed by atoms with E-state index in [1.54, 1.807) is 0 Å². The first-order valence-electron chi connectivity index (χ1n) is 9.80. The van der Waals surface area contributed by atoms with Crippen molar-refractivity contribution in [3.63, 3.8) is 0 Å². The van der Waals surface area contributed by atoms with Gasteiger partial charge in [-0.3, -0.25) is 4.79 Å². The molecule has 0 spiro atoms. The predicted octanol–water partition coefficient (Wildman–Crippen LogP) is 7.05. The summed E-state index contributed by atoms with van der Waals surface area (Å²) in [5, 5.41) is 8.50. The lowest BCUT2D eigenvalue weighted by Gasteiger charge is -2.02. The molecule has 0 aromatic carbocycles. The zero-order valence-electron chi connectivity index (χ0n) is 15.3. The molecule has 134 valence electrons. The van der Waals surface area contributed by atoms with Crippen molar-refractivity contribution in [2.45, 2.75) is 103 Å². The molecule has 2 heteroatoms. The Bertz CT molecular complexity index is 305. The van der Waals surface area contributed by atoms with Crippen molar-refractivity contribution in [1.29, 1.82) is 0 Å². The standard InChI is InChI=1S/C21H38O2/c1-2-3-4-5-6-7-8-9-10-11-12-13-14-15-16-17-18-19-20-21(22)23/h15-18H,2-14,19-20H2,1H3,(H,22,23)/b16-15+,18-17+. The highest BCUT2D eigenvalue weighted by atomic mass is 16.4. The van der Waals surface area contributed by atoms with E-state index in [0.717, 1.165) is 6.42 Å². The Labute approximate surface area is 144 Å². The van der Waals surface area contributed by atoms with Gasteiger partial charge in [-0.25, -0.2) is 0 Å². The first-order valence-corrected chi connectivity index (χ1v) is 9.80. The largest absolute Gasteiger partial charge is 0.481 e. The quantitative estimate of drug-likeness (QED) is 0.230. The van der Waals surface area contributed by atoms with E-state index in [1.165, 1.54) is 77.0 Å². The summed E-state index contributed by atoms with van der Waals surface area (Å²) in [6, 6.07) is 0. The van der Waals surface area contributed by atoms with Gasteiger partial charge in [-0.1, -0.05) is 102 Å². The van der Waals surface area contributed by atoms with Crippen LogP contribution in [-0.2, 0) is 4.79 Å². The maximum Gasteiger partial charge on any atom is 0.303 e. The monoisotopic (exact) mass is 322 g/mol. The number of allylic oxidation sites excluding steroid dienone is 4. The Morgan fingerprint density at radius 1 is 0.696 bits per heavy atom. The normalized spacial score (nSPS) is 11.7. The summed E-state index contributed by atoms with van der Waals surface area (Å²) in [7, 11) is 0. The number of carboxylic acid groups (broad SMARTS) is 1. The maximum atomic E-state index is 10.3. The molecular formula is C21H38O2. The minimum Gasteiger partial charge on any atom is -0.481 e. The lowest BCUT2D eigenvalue weighted by atomic mass is 10.0. The van der Waals surface area contributed by atoms with Crippen LogP contribution in [0.5, 0.6) is 0 Å². The molecule has 0 aliphatic rings.